The molecule has 2 atom stereocenters. The summed E-state index contributed by atoms with van der Waals surface area (Å²) in [6.07, 6.45) is -2.99. The Bertz CT molecular complexity index is 1310. The maximum absolute atomic E-state index is 13.0. The van der Waals surface area contributed by atoms with E-state index >= 15 is 0 Å². The number of carbonyl (C=O) groups is 2. The lowest BCUT2D eigenvalue weighted by Crippen LogP contribution is -2.67. The molecule has 1 aromatic heterocycles. The molecule has 2 saturated carbocycles. The van der Waals surface area contributed by atoms with E-state index in [1.54, 1.807) is 0 Å². The molecule has 5 rings (SSSR count). The van der Waals surface area contributed by atoms with Gasteiger partial charge in [0.25, 0.3) is 8.32 Å². The highest BCUT2D eigenvalue weighted by atomic mass is 28.4. The van der Waals surface area contributed by atoms with Gasteiger partial charge in [0.2, 0.25) is 0 Å². The van der Waals surface area contributed by atoms with E-state index in [9.17, 15) is 22.8 Å². The summed E-state index contributed by atoms with van der Waals surface area (Å²) in [6.45, 7) is 6.68. The second-order valence-corrected chi connectivity index (χ2v) is 15.8. The Morgan fingerprint density at radius 1 is 0.897 bits per heavy atom. The largest absolute Gasteiger partial charge is 0.433 e. The molecule has 2 fully saturated rings. The number of nitrogens with zero attached hydrogens (tertiary/aromatic N) is 2. The van der Waals surface area contributed by atoms with E-state index in [1.165, 1.54) is 10.4 Å². The van der Waals surface area contributed by atoms with Crippen molar-refractivity contribution in [3.63, 3.8) is 0 Å². The number of hydrogen-bond acceptors (Lipinski definition) is 5. The van der Waals surface area contributed by atoms with Crippen LogP contribution in [0.3, 0.4) is 0 Å². The van der Waals surface area contributed by atoms with Gasteiger partial charge < -0.3 is 4.43 Å². The van der Waals surface area contributed by atoms with Gasteiger partial charge in [0.15, 0.2) is 5.78 Å². The molecule has 0 N–H and O–H groups in total. The van der Waals surface area contributed by atoms with Crippen molar-refractivity contribution in [2.24, 2.45) is 17.8 Å². The fraction of sp³-hybridized carbons (Fsp3) is 0.400. The molecule has 0 bridgehead atoms. The number of aromatic nitrogens is 2. The summed E-state index contributed by atoms with van der Waals surface area (Å²) in [5, 5.41) is 2.24. The second kappa shape index (κ2) is 10.1. The van der Waals surface area contributed by atoms with E-state index in [2.05, 4.69) is 55.0 Å². The maximum Gasteiger partial charge on any atom is 0.433 e. The van der Waals surface area contributed by atoms with Crippen molar-refractivity contribution < 1.29 is 27.2 Å². The number of Topliss-reactive ketones (excluding diaryl/α,β-unsaturated/α-hetero) is 2. The van der Waals surface area contributed by atoms with Gasteiger partial charge in [-0.2, -0.15) is 13.2 Å². The second-order valence-electron chi connectivity index (χ2n) is 11.6. The van der Waals surface area contributed by atoms with Crippen molar-refractivity contribution in [2.75, 3.05) is 0 Å². The Balaban J connectivity index is 1.29. The van der Waals surface area contributed by atoms with Crippen LogP contribution >= 0.6 is 0 Å². The Morgan fingerprint density at radius 3 is 1.92 bits per heavy atom. The number of benzene rings is 2. The molecule has 5 nitrogen and oxygen atoms in total. The molecule has 0 saturated heterocycles. The lowest BCUT2D eigenvalue weighted by molar-refractivity contribution is -0.141. The van der Waals surface area contributed by atoms with Crippen LogP contribution in [0.1, 0.15) is 56.2 Å². The molecule has 2 aromatic carbocycles. The fourth-order valence-corrected chi connectivity index (χ4v) is 11.0. The van der Waals surface area contributed by atoms with E-state index in [-0.39, 0.29) is 40.4 Å². The third kappa shape index (κ3) is 5.22. The van der Waals surface area contributed by atoms with Gasteiger partial charge in [-0.1, -0.05) is 81.4 Å². The first kappa shape index (κ1) is 27.4. The molecule has 0 radical (unpaired) electrons. The zero-order valence-corrected chi connectivity index (χ0v) is 23.1. The molecule has 0 aliphatic heterocycles. The summed E-state index contributed by atoms with van der Waals surface area (Å²) < 4.78 is 46.1. The first-order valence-electron chi connectivity index (χ1n) is 13.2. The molecule has 3 aromatic rings. The van der Waals surface area contributed by atoms with Crippen LogP contribution < -0.4 is 10.4 Å². The van der Waals surface area contributed by atoms with Crippen LogP contribution in [-0.4, -0.2) is 36.0 Å². The number of halogens is 3. The standard InChI is InChI=1S/C30H31F3N2O3Si/c1-29(2,3)39(20-10-6-4-7-11-20,21-12-8-5-9-13-21)38-19-14-22-23(15-19)28(22)26(37)17-25(36)24-16-27(30(31,32)33)35-18-34-24/h4-13,16,18-19,22-23,28H,14-15,17H2,1-3H3. The summed E-state index contributed by atoms with van der Waals surface area (Å²) >= 11 is 0. The van der Waals surface area contributed by atoms with Gasteiger partial charge in [0.1, 0.15) is 23.5 Å². The van der Waals surface area contributed by atoms with Crippen LogP contribution in [0.5, 0.6) is 0 Å². The number of hydrogen-bond donors (Lipinski definition) is 0. The fourth-order valence-electron chi connectivity index (χ4n) is 6.34. The highest BCUT2D eigenvalue weighted by Crippen LogP contribution is 2.59. The minimum Gasteiger partial charge on any atom is -0.404 e. The molecular formula is C30H31F3N2O3Si. The average molecular weight is 553 g/mol. The Labute approximate surface area is 227 Å². The maximum atomic E-state index is 13.0. The minimum absolute atomic E-state index is 0.0118. The number of carbonyl (C=O) groups excluding carboxylic acids is 2. The normalized spacial score (nSPS) is 22.8. The summed E-state index contributed by atoms with van der Waals surface area (Å²) in [7, 11) is -2.71. The van der Waals surface area contributed by atoms with Gasteiger partial charge in [0, 0.05) is 12.0 Å². The van der Waals surface area contributed by atoms with Crippen molar-refractivity contribution in [3.8, 4) is 0 Å². The summed E-state index contributed by atoms with van der Waals surface area (Å²) in [5.74, 6) is -0.935. The van der Waals surface area contributed by atoms with Gasteiger partial charge in [-0.25, -0.2) is 9.97 Å². The molecule has 2 unspecified atom stereocenters. The molecule has 204 valence electrons. The van der Waals surface area contributed by atoms with E-state index in [0.717, 1.165) is 12.8 Å². The lowest BCUT2D eigenvalue weighted by atomic mass is 10.0. The van der Waals surface area contributed by atoms with Gasteiger partial charge in [-0.3, -0.25) is 9.59 Å². The topological polar surface area (TPSA) is 69.2 Å². The molecule has 0 spiro atoms. The summed E-state index contributed by atoms with van der Waals surface area (Å²) in [4.78, 5) is 32.4. The summed E-state index contributed by atoms with van der Waals surface area (Å²) in [5.41, 5.74) is -1.58. The minimum atomic E-state index is -4.68. The van der Waals surface area contributed by atoms with E-state index in [1.807, 2.05) is 36.4 Å². The first-order valence-corrected chi connectivity index (χ1v) is 15.1. The molecule has 1 heterocycles. The van der Waals surface area contributed by atoms with Crippen LogP contribution in [0.25, 0.3) is 0 Å². The highest BCUT2D eigenvalue weighted by molar-refractivity contribution is 6.99. The predicted octanol–water partition coefficient (Wildman–Crippen LogP) is 5.24. The highest BCUT2D eigenvalue weighted by Gasteiger charge is 2.61. The van der Waals surface area contributed by atoms with Crippen LogP contribution in [0.2, 0.25) is 5.04 Å². The van der Waals surface area contributed by atoms with Crippen LogP contribution in [0.4, 0.5) is 13.2 Å². The monoisotopic (exact) mass is 552 g/mol. The van der Waals surface area contributed by atoms with Gasteiger partial charge in [0.05, 0.1) is 6.42 Å². The zero-order valence-electron chi connectivity index (χ0n) is 22.1. The third-order valence-corrected chi connectivity index (χ3v) is 13.2. The quantitative estimate of drug-likeness (QED) is 0.217. The number of rotatable bonds is 8. The van der Waals surface area contributed by atoms with Gasteiger partial charge in [-0.05, 0) is 46.2 Å². The SMILES string of the molecule is CC(C)(C)[Si](OC1CC2C(C1)C2C(=O)CC(=O)c1cc(C(F)(F)F)ncn1)(c1ccccc1)c1ccccc1. The molecule has 0 amide bonds. The van der Waals surface area contributed by atoms with Crippen LogP contribution in [0.15, 0.2) is 73.1 Å². The summed E-state index contributed by atoms with van der Waals surface area (Å²) in [6, 6.07) is 21.4. The predicted molar refractivity (Wildman–Crippen MR) is 143 cm³/mol. The van der Waals surface area contributed by atoms with Gasteiger partial charge >= 0.3 is 6.18 Å². The Hall–Kier alpha value is -3.17. The molecular weight excluding hydrogens is 521 g/mol. The molecule has 39 heavy (non-hydrogen) atoms. The van der Waals surface area contributed by atoms with Crippen LogP contribution in [0, 0.1) is 17.8 Å². The van der Waals surface area contributed by atoms with E-state index in [4.69, 9.17) is 4.43 Å². The number of alkyl halides is 3. The number of fused-ring (bicyclic) bond motifs is 1. The Morgan fingerprint density at radius 2 is 1.44 bits per heavy atom. The number of ketones is 2. The van der Waals surface area contributed by atoms with Crippen molar-refractivity contribution in [2.45, 2.75) is 57.4 Å². The Kier molecular flexibility index (Phi) is 7.09. The smallest absolute Gasteiger partial charge is 0.404 e. The van der Waals surface area contributed by atoms with Crippen LogP contribution in [-0.2, 0) is 15.4 Å². The van der Waals surface area contributed by atoms with Crippen molar-refractivity contribution in [1.29, 1.82) is 0 Å². The third-order valence-electron chi connectivity index (χ3n) is 8.11. The van der Waals surface area contributed by atoms with Crippen molar-refractivity contribution in [3.05, 3.63) is 84.4 Å². The van der Waals surface area contributed by atoms with E-state index < -0.39 is 32.4 Å². The molecule has 2 aliphatic carbocycles. The van der Waals surface area contributed by atoms with E-state index in [0.29, 0.717) is 12.4 Å². The van der Waals surface area contributed by atoms with Crippen molar-refractivity contribution >= 4 is 30.3 Å². The molecule has 2 aliphatic rings. The average Bonchev–Trinajstić information content (AvgIpc) is 3.42. The first-order chi connectivity index (χ1) is 18.4. The lowest BCUT2D eigenvalue weighted by Gasteiger charge is -2.45. The molecule has 9 heteroatoms. The van der Waals surface area contributed by atoms with Crippen molar-refractivity contribution in [1.82, 2.24) is 9.97 Å². The van der Waals surface area contributed by atoms with Gasteiger partial charge in [-0.15, -0.1) is 0 Å². The zero-order chi connectivity index (χ0) is 28.0.